The van der Waals surface area contributed by atoms with Crippen LogP contribution in [0.3, 0.4) is 0 Å². The lowest BCUT2D eigenvalue weighted by Crippen LogP contribution is -2.14. The van der Waals surface area contributed by atoms with Gasteiger partial charge in [-0.05, 0) is 36.1 Å². The summed E-state index contributed by atoms with van der Waals surface area (Å²) in [6.45, 7) is 0. The molecule has 1 aliphatic carbocycles. The summed E-state index contributed by atoms with van der Waals surface area (Å²) in [7, 11) is 0. The molecule has 0 saturated heterocycles. The fourth-order valence-corrected chi connectivity index (χ4v) is 2.38. The zero-order valence-corrected chi connectivity index (χ0v) is 10.7. The molecule has 5 heteroatoms. The zero-order chi connectivity index (χ0) is 12.6. The van der Waals surface area contributed by atoms with Gasteiger partial charge in [-0.3, -0.25) is 0 Å². The van der Waals surface area contributed by atoms with E-state index in [9.17, 15) is 13.2 Å². The first-order valence-corrected chi connectivity index (χ1v) is 6.29. The smallest absolute Gasteiger partial charge is 0.324 e. The topological polar surface area (TPSA) is 26.0 Å². The quantitative estimate of drug-likeness (QED) is 0.887. The van der Waals surface area contributed by atoms with E-state index in [0.717, 1.165) is 31.4 Å². The number of alkyl halides is 3. The lowest BCUT2D eigenvalue weighted by Gasteiger charge is -2.16. The van der Waals surface area contributed by atoms with Crippen LogP contribution in [0.5, 0.6) is 0 Å². The molecule has 1 aliphatic rings. The van der Waals surface area contributed by atoms with Gasteiger partial charge in [-0.25, -0.2) is 0 Å². The van der Waals surface area contributed by atoms with Crippen LogP contribution in [-0.4, -0.2) is 0 Å². The van der Waals surface area contributed by atoms with Gasteiger partial charge in [-0.15, -0.1) is 0 Å². The van der Waals surface area contributed by atoms with Crippen molar-refractivity contribution < 1.29 is 13.2 Å². The molecule has 1 aromatic carbocycles. The van der Waals surface area contributed by atoms with Gasteiger partial charge in [0.15, 0.2) is 0 Å². The summed E-state index contributed by atoms with van der Waals surface area (Å²) >= 11 is 3.26. The molecule has 17 heavy (non-hydrogen) atoms. The van der Waals surface area contributed by atoms with Crippen molar-refractivity contribution in [1.82, 2.24) is 0 Å². The van der Waals surface area contributed by atoms with Crippen LogP contribution in [-0.2, 0) is 6.18 Å². The van der Waals surface area contributed by atoms with Gasteiger partial charge in [0.2, 0.25) is 0 Å². The van der Waals surface area contributed by atoms with E-state index in [1.165, 1.54) is 6.07 Å². The third-order valence-corrected chi connectivity index (χ3v) is 3.73. The molecule has 94 valence electrons. The number of halogens is 4. The van der Waals surface area contributed by atoms with E-state index in [0.29, 0.717) is 16.0 Å². The van der Waals surface area contributed by atoms with Crippen molar-refractivity contribution >= 4 is 15.9 Å². The Morgan fingerprint density at radius 1 is 1.35 bits per heavy atom. The van der Waals surface area contributed by atoms with E-state index >= 15 is 0 Å². The number of nitrogens with two attached hydrogens (primary N) is 1. The molecule has 0 bridgehead atoms. The van der Waals surface area contributed by atoms with Gasteiger partial charge in [0.25, 0.3) is 0 Å². The average Bonchev–Trinajstić information content (AvgIpc) is 3.00. The molecule has 0 radical (unpaired) electrons. The summed E-state index contributed by atoms with van der Waals surface area (Å²) in [5.74, 6) is 0.589. The summed E-state index contributed by atoms with van der Waals surface area (Å²) in [4.78, 5) is 0. The second-order valence-corrected chi connectivity index (χ2v) is 5.37. The van der Waals surface area contributed by atoms with Gasteiger partial charge in [0.05, 0.1) is 5.56 Å². The molecule has 0 spiro atoms. The Labute approximate surface area is 106 Å². The number of hydrogen-bond donors (Lipinski definition) is 1. The maximum atomic E-state index is 12.6. The van der Waals surface area contributed by atoms with Crippen LogP contribution >= 0.6 is 15.9 Å². The molecule has 2 rings (SSSR count). The van der Waals surface area contributed by atoms with Crippen molar-refractivity contribution in [3.63, 3.8) is 0 Å². The summed E-state index contributed by atoms with van der Waals surface area (Å²) in [6.07, 6.45) is -1.26. The van der Waals surface area contributed by atoms with Gasteiger partial charge in [-0.1, -0.05) is 28.8 Å². The van der Waals surface area contributed by atoms with Crippen molar-refractivity contribution in [2.24, 2.45) is 11.7 Å². The number of hydrogen-bond acceptors (Lipinski definition) is 1. The van der Waals surface area contributed by atoms with E-state index in [1.54, 1.807) is 0 Å². The molecular formula is C12H13BrF3N. The molecule has 1 fully saturated rings. The van der Waals surface area contributed by atoms with E-state index in [4.69, 9.17) is 5.73 Å². The van der Waals surface area contributed by atoms with Gasteiger partial charge in [-0.2, -0.15) is 13.2 Å². The van der Waals surface area contributed by atoms with Crippen molar-refractivity contribution in [2.45, 2.75) is 31.5 Å². The standard InChI is InChI=1S/C12H13BrF3N/c13-10-4-3-8(12(14,15)16)6-9(10)11(17)5-7-1-2-7/h3-4,6-7,11H,1-2,5,17H2. The molecule has 1 atom stereocenters. The third kappa shape index (κ3) is 3.22. The summed E-state index contributed by atoms with van der Waals surface area (Å²) < 4.78 is 38.4. The highest BCUT2D eigenvalue weighted by Gasteiger charge is 2.32. The van der Waals surface area contributed by atoms with Gasteiger partial charge < -0.3 is 5.73 Å². The Bertz CT molecular complexity index is 413. The Morgan fingerprint density at radius 2 is 2.00 bits per heavy atom. The highest BCUT2D eigenvalue weighted by atomic mass is 79.9. The predicted molar refractivity (Wildman–Crippen MR) is 63.4 cm³/mol. The third-order valence-electron chi connectivity index (χ3n) is 3.01. The minimum absolute atomic E-state index is 0.320. The SMILES string of the molecule is NC(CC1CC1)c1cc(C(F)(F)F)ccc1Br. The summed E-state index contributed by atoms with van der Waals surface area (Å²) in [5.41, 5.74) is 5.86. The zero-order valence-electron chi connectivity index (χ0n) is 9.10. The fraction of sp³-hybridized carbons (Fsp3) is 0.500. The first-order valence-electron chi connectivity index (χ1n) is 5.50. The molecule has 0 heterocycles. The van der Waals surface area contributed by atoms with E-state index in [2.05, 4.69) is 15.9 Å². The molecular weight excluding hydrogens is 295 g/mol. The molecule has 2 N–H and O–H groups in total. The predicted octanol–water partition coefficient (Wildman–Crippen LogP) is 4.27. The monoisotopic (exact) mass is 307 g/mol. The van der Waals surface area contributed by atoms with Crippen LogP contribution < -0.4 is 5.73 Å². The fourth-order valence-electron chi connectivity index (χ4n) is 1.84. The minimum Gasteiger partial charge on any atom is -0.324 e. The van der Waals surface area contributed by atoms with Crippen LogP contribution in [0.4, 0.5) is 13.2 Å². The van der Waals surface area contributed by atoms with E-state index < -0.39 is 11.7 Å². The Morgan fingerprint density at radius 3 is 2.53 bits per heavy atom. The van der Waals surface area contributed by atoms with Gasteiger partial charge >= 0.3 is 6.18 Å². The van der Waals surface area contributed by atoms with Crippen LogP contribution in [0.2, 0.25) is 0 Å². The van der Waals surface area contributed by atoms with Crippen LogP contribution in [0.25, 0.3) is 0 Å². The summed E-state index contributed by atoms with van der Waals surface area (Å²) in [5, 5.41) is 0. The molecule has 1 aromatic rings. The number of benzene rings is 1. The normalized spacial score (nSPS) is 18.2. The second-order valence-electron chi connectivity index (χ2n) is 4.52. The van der Waals surface area contributed by atoms with Crippen molar-refractivity contribution in [1.29, 1.82) is 0 Å². The highest BCUT2D eigenvalue weighted by molar-refractivity contribution is 9.10. The average molecular weight is 308 g/mol. The lowest BCUT2D eigenvalue weighted by molar-refractivity contribution is -0.137. The molecule has 1 nitrogen and oxygen atoms in total. The first-order chi connectivity index (χ1) is 7.88. The molecule has 0 aliphatic heterocycles. The largest absolute Gasteiger partial charge is 0.416 e. The van der Waals surface area contributed by atoms with Crippen LogP contribution in [0.1, 0.15) is 36.4 Å². The van der Waals surface area contributed by atoms with E-state index in [-0.39, 0.29) is 6.04 Å². The molecule has 1 unspecified atom stereocenters. The van der Waals surface area contributed by atoms with Gasteiger partial charge in [0.1, 0.15) is 0 Å². The van der Waals surface area contributed by atoms with Crippen molar-refractivity contribution in [2.75, 3.05) is 0 Å². The molecule has 1 saturated carbocycles. The Kier molecular flexibility index (Phi) is 3.50. The second kappa shape index (κ2) is 4.61. The lowest BCUT2D eigenvalue weighted by atomic mass is 10.00. The Hall–Kier alpha value is -0.550. The van der Waals surface area contributed by atoms with Crippen molar-refractivity contribution in [3.8, 4) is 0 Å². The van der Waals surface area contributed by atoms with Crippen LogP contribution in [0.15, 0.2) is 22.7 Å². The first kappa shape index (κ1) is 12.9. The van der Waals surface area contributed by atoms with E-state index in [1.807, 2.05) is 0 Å². The Balaban J connectivity index is 2.24. The number of rotatable bonds is 3. The maximum absolute atomic E-state index is 12.6. The maximum Gasteiger partial charge on any atom is 0.416 e. The van der Waals surface area contributed by atoms with Gasteiger partial charge in [0, 0.05) is 10.5 Å². The molecule has 0 aromatic heterocycles. The molecule has 0 amide bonds. The minimum atomic E-state index is -4.31. The van der Waals surface area contributed by atoms with Crippen LogP contribution in [0, 0.1) is 5.92 Å². The van der Waals surface area contributed by atoms with Crippen molar-refractivity contribution in [3.05, 3.63) is 33.8 Å². The highest BCUT2D eigenvalue weighted by Crippen LogP contribution is 2.39. The summed E-state index contributed by atoms with van der Waals surface area (Å²) in [6, 6.07) is 3.32.